The van der Waals surface area contributed by atoms with Gasteiger partial charge in [-0.25, -0.2) is 4.98 Å². The monoisotopic (exact) mass is 327 g/mol. The number of aryl methyl sites for hydroxylation is 2. The Hall–Kier alpha value is -1.07. The van der Waals surface area contributed by atoms with Gasteiger partial charge in [0.2, 0.25) is 0 Å². The maximum atomic E-state index is 5.43. The highest BCUT2D eigenvalue weighted by Gasteiger charge is 2.15. The number of thiazole rings is 1. The van der Waals surface area contributed by atoms with Crippen molar-refractivity contribution in [1.82, 2.24) is 4.98 Å². The standard InChI is InChI=1S/C13H14BrNO2S/c1-7-5-11(17-4)9(6-10(7)16-3)13-15-12(14)8(2)18-13/h5-6H,1-4H3. The SMILES string of the molecule is COc1cc(-c2nc(Br)c(C)s2)c(OC)cc1C. The van der Waals surface area contributed by atoms with Crippen LogP contribution in [-0.4, -0.2) is 19.2 Å². The molecule has 0 radical (unpaired) electrons. The average molecular weight is 328 g/mol. The van der Waals surface area contributed by atoms with Crippen molar-refractivity contribution in [2.75, 3.05) is 14.2 Å². The zero-order chi connectivity index (χ0) is 13.3. The molecule has 0 aliphatic rings. The molecule has 1 aromatic carbocycles. The first-order valence-corrected chi connectivity index (χ1v) is 7.03. The summed E-state index contributed by atoms with van der Waals surface area (Å²) in [6.45, 7) is 4.03. The van der Waals surface area contributed by atoms with E-state index in [1.807, 2.05) is 26.0 Å². The van der Waals surface area contributed by atoms with Crippen LogP contribution in [0.2, 0.25) is 0 Å². The molecule has 2 rings (SSSR count). The van der Waals surface area contributed by atoms with Gasteiger partial charge in [0.05, 0.1) is 19.8 Å². The Balaban J connectivity index is 2.61. The van der Waals surface area contributed by atoms with Crippen LogP contribution in [0.25, 0.3) is 10.6 Å². The smallest absolute Gasteiger partial charge is 0.129 e. The van der Waals surface area contributed by atoms with Crippen molar-refractivity contribution in [3.63, 3.8) is 0 Å². The van der Waals surface area contributed by atoms with Gasteiger partial charge in [-0.2, -0.15) is 0 Å². The van der Waals surface area contributed by atoms with E-state index < -0.39 is 0 Å². The number of rotatable bonds is 3. The fourth-order valence-corrected chi connectivity index (χ4v) is 3.07. The molecule has 0 saturated heterocycles. The molecule has 0 unspecified atom stereocenters. The Morgan fingerprint density at radius 3 is 2.28 bits per heavy atom. The average Bonchev–Trinajstić information content (AvgIpc) is 2.69. The van der Waals surface area contributed by atoms with Crippen molar-refractivity contribution in [3.05, 3.63) is 27.2 Å². The van der Waals surface area contributed by atoms with Crippen molar-refractivity contribution in [2.24, 2.45) is 0 Å². The Morgan fingerprint density at radius 1 is 1.11 bits per heavy atom. The molecule has 0 aliphatic heterocycles. The van der Waals surface area contributed by atoms with Gasteiger partial charge >= 0.3 is 0 Å². The molecule has 1 aromatic heterocycles. The summed E-state index contributed by atoms with van der Waals surface area (Å²) in [6.07, 6.45) is 0. The fourth-order valence-electron chi connectivity index (χ4n) is 1.71. The summed E-state index contributed by atoms with van der Waals surface area (Å²) in [5.74, 6) is 1.66. The fraction of sp³-hybridized carbons (Fsp3) is 0.308. The van der Waals surface area contributed by atoms with Crippen LogP contribution in [0.3, 0.4) is 0 Å². The molecule has 0 atom stereocenters. The van der Waals surface area contributed by atoms with Crippen LogP contribution in [0, 0.1) is 13.8 Å². The molecule has 18 heavy (non-hydrogen) atoms. The maximum Gasteiger partial charge on any atom is 0.129 e. The number of nitrogens with zero attached hydrogens (tertiary/aromatic N) is 1. The van der Waals surface area contributed by atoms with Crippen molar-refractivity contribution >= 4 is 27.3 Å². The normalized spacial score (nSPS) is 10.5. The molecule has 0 amide bonds. The van der Waals surface area contributed by atoms with Crippen LogP contribution in [0.15, 0.2) is 16.7 Å². The van der Waals surface area contributed by atoms with Gasteiger partial charge < -0.3 is 9.47 Å². The van der Waals surface area contributed by atoms with Gasteiger partial charge in [0.25, 0.3) is 0 Å². The van der Waals surface area contributed by atoms with Gasteiger partial charge in [-0.1, -0.05) is 0 Å². The first-order chi connectivity index (χ1) is 8.56. The summed E-state index contributed by atoms with van der Waals surface area (Å²) in [4.78, 5) is 5.64. The molecule has 0 fully saturated rings. The third kappa shape index (κ3) is 2.37. The van der Waals surface area contributed by atoms with Crippen LogP contribution in [0.5, 0.6) is 11.5 Å². The minimum atomic E-state index is 0.814. The van der Waals surface area contributed by atoms with Crippen molar-refractivity contribution in [2.45, 2.75) is 13.8 Å². The second kappa shape index (κ2) is 5.28. The maximum absolute atomic E-state index is 5.43. The first kappa shape index (κ1) is 13.4. The van der Waals surface area contributed by atoms with E-state index >= 15 is 0 Å². The number of hydrogen-bond acceptors (Lipinski definition) is 4. The lowest BCUT2D eigenvalue weighted by molar-refractivity contribution is 0.402. The molecule has 3 nitrogen and oxygen atoms in total. The van der Waals surface area contributed by atoms with Gasteiger partial charge in [0, 0.05) is 4.88 Å². The van der Waals surface area contributed by atoms with Gasteiger partial charge in [0.15, 0.2) is 0 Å². The molecule has 1 heterocycles. The van der Waals surface area contributed by atoms with Crippen LogP contribution < -0.4 is 9.47 Å². The molecule has 96 valence electrons. The molecule has 0 bridgehead atoms. The van der Waals surface area contributed by atoms with Crippen LogP contribution >= 0.6 is 27.3 Å². The van der Waals surface area contributed by atoms with Crippen LogP contribution in [-0.2, 0) is 0 Å². The number of benzene rings is 1. The predicted octanol–water partition coefficient (Wildman–Crippen LogP) is 4.21. The summed E-state index contributed by atoms with van der Waals surface area (Å²) in [7, 11) is 3.34. The lowest BCUT2D eigenvalue weighted by Crippen LogP contribution is -1.93. The van der Waals surface area contributed by atoms with E-state index in [4.69, 9.17) is 9.47 Å². The number of aromatic nitrogens is 1. The molecule has 0 saturated carbocycles. The summed E-state index contributed by atoms with van der Waals surface area (Å²) >= 11 is 5.07. The minimum Gasteiger partial charge on any atom is -0.496 e. The summed E-state index contributed by atoms with van der Waals surface area (Å²) < 4.78 is 11.7. The van der Waals surface area contributed by atoms with Crippen LogP contribution in [0.4, 0.5) is 0 Å². The molecule has 2 aromatic rings. The lowest BCUT2D eigenvalue weighted by Gasteiger charge is -2.11. The van der Waals surface area contributed by atoms with E-state index in [0.29, 0.717) is 0 Å². The van der Waals surface area contributed by atoms with E-state index in [1.165, 1.54) is 0 Å². The quantitative estimate of drug-likeness (QED) is 0.846. The number of hydrogen-bond donors (Lipinski definition) is 0. The highest BCUT2D eigenvalue weighted by Crippen LogP contribution is 2.39. The van der Waals surface area contributed by atoms with E-state index in [0.717, 1.165) is 37.1 Å². The van der Waals surface area contributed by atoms with Gasteiger partial charge in [-0.3, -0.25) is 0 Å². The lowest BCUT2D eigenvalue weighted by atomic mass is 10.1. The number of methoxy groups -OCH3 is 2. The van der Waals surface area contributed by atoms with Crippen molar-refractivity contribution in [3.8, 4) is 22.1 Å². The van der Waals surface area contributed by atoms with Crippen LogP contribution in [0.1, 0.15) is 10.4 Å². The molecule has 0 N–H and O–H groups in total. The summed E-state index contributed by atoms with van der Waals surface area (Å²) in [6, 6.07) is 3.94. The predicted molar refractivity (Wildman–Crippen MR) is 77.8 cm³/mol. The third-order valence-corrected chi connectivity index (χ3v) is 4.73. The zero-order valence-electron chi connectivity index (χ0n) is 10.7. The second-order valence-electron chi connectivity index (χ2n) is 3.89. The highest BCUT2D eigenvalue weighted by molar-refractivity contribution is 9.10. The van der Waals surface area contributed by atoms with Gasteiger partial charge in [-0.15, -0.1) is 11.3 Å². The van der Waals surface area contributed by atoms with Crippen molar-refractivity contribution < 1.29 is 9.47 Å². The minimum absolute atomic E-state index is 0.814. The van der Waals surface area contributed by atoms with E-state index in [9.17, 15) is 0 Å². The van der Waals surface area contributed by atoms with E-state index in [2.05, 4.69) is 20.9 Å². The summed E-state index contributed by atoms with van der Waals surface area (Å²) in [5, 5.41) is 0.925. The Morgan fingerprint density at radius 2 is 1.78 bits per heavy atom. The molecular weight excluding hydrogens is 314 g/mol. The number of ether oxygens (including phenoxy) is 2. The molecule has 5 heteroatoms. The molecule has 0 spiro atoms. The zero-order valence-corrected chi connectivity index (χ0v) is 13.1. The van der Waals surface area contributed by atoms with Gasteiger partial charge in [0.1, 0.15) is 21.1 Å². The van der Waals surface area contributed by atoms with Gasteiger partial charge in [-0.05, 0) is 47.5 Å². The first-order valence-electron chi connectivity index (χ1n) is 5.42. The second-order valence-corrected chi connectivity index (χ2v) is 5.84. The largest absolute Gasteiger partial charge is 0.496 e. The van der Waals surface area contributed by atoms with Crippen molar-refractivity contribution in [1.29, 1.82) is 0 Å². The molecule has 0 aliphatic carbocycles. The Labute approximate surface area is 119 Å². The number of halogens is 1. The molecular formula is C13H14BrNO2S. The topological polar surface area (TPSA) is 31.4 Å². The Bertz CT molecular complexity index is 561. The highest BCUT2D eigenvalue weighted by atomic mass is 79.9. The van der Waals surface area contributed by atoms with E-state index in [1.54, 1.807) is 25.6 Å². The Kier molecular flexibility index (Phi) is 3.92. The van der Waals surface area contributed by atoms with E-state index in [-0.39, 0.29) is 0 Å². The third-order valence-electron chi connectivity index (χ3n) is 2.69. The summed E-state index contributed by atoms with van der Waals surface area (Å²) in [5.41, 5.74) is 2.00.